The largest absolute Gasteiger partial charge is 0.454 e. The van der Waals surface area contributed by atoms with Crippen molar-refractivity contribution in [1.29, 1.82) is 0 Å². The van der Waals surface area contributed by atoms with E-state index in [2.05, 4.69) is 29.8 Å². The van der Waals surface area contributed by atoms with Gasteiger partial charge in [0.25, 0.3) is 5.91 Å². The highest BCUT2D eigenvalue weighted by Gasteiger charge is 2.27. The van der Waals surface area contributed by atoms with Crippen LogP contribution in [0.5, 0.6) is 11.5 Å². The van der Waals surface area contributed by atoms with Gasteiger partial charge in [0.05, 0.1) is 0 Å². The minimum atomic E-state index is -0.0977. The number of amides is 1. The second-order valence-corrected chi connectivity index (χ2v) is 6.25. The summed E-state index contributed by atoms with van der Waals surface area (Å²) in [5.41, 5.74) is 4.31. The Hall–Kier alpha value is -2.43. The first kappa shape index (κ1) is 14.2. The molecule has 1 aliphatic heterocycles. The highest BCUT2D eigenvalue weighted by molar-refractivity contribution is 5.94. The van der Waals surface area contributed by atoms with Crippen LogP contribution in [-0.4, -0.2) is 17.3 Å². The number of benzene rings is 1. The molecule has 0 atom stereocenters. The molecule has 1 saturated carbocycles. The minimum Gasteiger partial charge on any atom is -0.454 e. The maximum atomic E-state index is 12.4. The van der Waals surface area contributed by atoms with Gasteiger partial charge >= 0.3 is 0 Å². The molecule has 1 fully saturated rings. The smallest absolute Gasteiger partial charge is 0.251 e. The Bertz CT molecular complexity index is 775. The summed E-state index contributed by atoms with van der Waals surface area (Å²) < 4.78 is 13.0. The van der Waals surface area contributed by atoms with Gasteiger partial charge in [-0.1, -0.05) is 0 Å². The van der Waals surface area contributed by atoms with Crippen LogP contribution in [0, 0.1) is 13.8 Å². The van der Waals surface area contributed by atoms with Gasteiger partial charge in [-0.3, -0.25) is 4.79 Å². The van der Waals surface area contributed by atoms with Crippen LogP contribution in [0.3, 0.4) is 0 Å². The number of aromatic nitrogens is 1. The van der Waals surface area contributed by atoms with Gasteiger partial charge in [-0.2, -0.15) is 0 Å². The van der Waals surface area contributed by atoms with E-state index in [4.69, 9.17) is 9.47 Å². The number of hydrogen-bond acceptors (Lipinski definition) is 3. The van der Waals surface area contributed by atoms with Gasteiger partial charge in [-0.25, -0.2) is 0 Å². The zero-order valence-corrected chi connectivity index (χ0v) is 13.4. The molecule has 0 bridgehead atoms. The number of fused-ring (bicyclic) bond motifs is 1. The number of carbonyl (C=O) groups excluding carboxylic acids is 1. The van der Waals surface area contributed by atoms with E-state index in [1.54, 1.807) is 18.2 Å². The van der Waals surface area contributed by atoms with E-state index in [-0.39, 0.29) is 12.7 Å². The fourth-order valence-electron chi connectivity index (χ4n) is 3.23. The Morgan fingerprint density at radius 3 is 2.78 bits per heavy atom. The summed E-state index contributed by atoms with van der Waals surface area (Å²) in [6.07, 6.45) is 2.53. The number of nitrogens with zero attached hydrogens (tertiary/aromatic N) is 1. The fraction of sp³-hybridized carbons (Fsp3) is 0.389. The molecule has 4 rings (SSSR count). The monoisotopic (exact) mass is 312 g/mol. The maximum absolute atomic E-state index is 12.4. The van der Waals surface area contributed by atoms with Crippen molar-refractivity contribution < 1.29 is 14.3 Å². The van der Waals surface area contributed by atoms with Gasteiger partial charge in [0.1, 0.15) is 0 Å². The van der Waals surface area contributed by atoms with E-state index in [1.165, 1.54) is 29.8 Å². The van der Waals surface area contributed by atoms with Gasteiger partial charge in [0.15, 0.2) is 11.5 Å². The molecule has 1 N–H and O–H groups in total. The number of ether oxygens (including phenoxy) is 2. The Morgan fingerprint density at radius 2 is 2.00 bits per heavy atom. The topological polar surface area (TPSA) is 52.5 Å². The van der Waals surface area contributed by atoms with Crippen molar-refractivity contribution in [3.63, 3.8) is 0 Å². The number of carbonyl (C=O) groups is 1. The molecular formula is C18H20N2O3. The predicted octanol–water partition coefficient (Wildman–Crippen LogP) is 3.10. The van der Waals surface area contributed by atoms with E-state index < -0.39 is 0 Å². The molecule has 2 heterocycles. The molecule has 0 spiro atoms. The summed E-state index contributed by atoms with van der Waals surface area (Å²) in [5.74, 6) is 1.22. The highest BCUT2D eigenvalue weighted by atomic mass is 16.7. The first-order valence-corrected chi connectivity index (χ1v) is 7.98. The minimum absolute atomic E-state index is 0.0977. The van der Waals surface area contributed by atoms with Crippen molar-refractivity contribution in [1.82, 2.24) is 9.88 Å². The first-order valence-electron chi connectivity index (χ1n) is 7.98. The molecule has 1 aromatic carbocycles. The van der Waals surface area contributed by atoms with Crippen molar-refractivity contribution in [2.45, 2.75) is 39.3 Å². The zero-order valence-electron chi connectivity index (χ0n) is 13.4. The van der Waals surface area contributed by atoms with E-state index in [0.29, 0.717) is 29.6 Å². The Labute approximate surface area is 135 Å². The van der Waals surface area contributed by atoms with Crippen LogP contribution < -0.4 is 14.8 Å². The van der Waals surface area contributed by atoms with Crippen LogP contribution in [0.25, 0.3) is 0 Å². The lowest BCUT2D eigenvalue weighted by atomic mass is 10.2. The lowest BCUT2D eigenvalue weighted by molar-refractivity contribution is 0.0950. The van der Waals surface area contributed by atoms with Gasteiger partial charge in [-0.15, -0.1) is 0 Å². The Balaban J connectivity index is 1.46. The van der Waals surface area contributed by atoms with Gasteiger partial charge < -0.3 is 19.4 Å². The van der Waals surface area contributed by atoms with Crippen LogP contribution in [-0.2, 0) is 6.54 Å². The van der Waals surface area contributed by atoms with E-state index in [9.17, 15) is 4.79 Å². The molecular weight excluding hydrogens is 292 g/mol. The lowest BCUT2D eigenvalue weighted by Crippen LogP contribution is -2.23. The number of hydrogen-bond donors (Lipinski definition) is 1. The van der Waals surface area contributed by atoms with E-state index in [0.717, 1.165) is 0 Å². The average Bonchev–Trinajstić information content (AvgIpc) is 3.18. The average molecular weight is 312 g/mol. The molecule has 1 aliphatic carbocycles. The number of nitrogens with one attached hydrogen (secondary N) is 1. The van der Waals surface area contributed by atoms with Crippen molar-refractivity contribution >= 4 is 5.91 Å². The molecule has 23 heavy (non-hydrogen) atoms. The highest BCUT2D eigenvalue weighted by Crippen LogP contribution is 2.38. The fourth-order valence-corrected chi connectivity index (χ4v) is 3.23. The molecule has 1 amide bonds. The van der Waals surface area contributed by atoms with Crippen LogP contribution >= 0.6 is 0 Å². The normalized spacial score (nSPS) is 15.7. The van der Waals surface area contributed by atoms with Crippen LogP contribution in [0.4, 0.5) is 0 Å². The van der Waals surface area contributed by atoms with Gasteiger partial charge in [0, 0.05) is 29.5 Å². The summed E-state index contributed by atoms with van der Waals surface area (Å²) in [6, 6.07) is 8.10. The standard InChI is InChI=1S/C18H20N2O3/c1-11-7-14(12(2)20(11)15-4-5-15)9-19-18(21)13-3-6-16-17(8-13)23-10-22-16/h3,6-8,15H,4-5,9-10H2,1-2H3,(H,19,21). The molecule has 1 aromatic heterocycles. The third kappa shape index (κ3) is 2.56. The van der Waals surface area contributed by atoms with Gasteiger partial charge in [0.2, 0.25) is 6.79 Å². The Kier molecular flexibility index (Phi) is 3.29. The van der Waals surface area contributed by atoms with E-state index >= 15 is 0 Å². The first-order chi connectivity index (χ1) is 11.1. The molecule has 5 heteroatoms. The quantitative estimate of drug-likeness (QED) is 0.944. The SMILES string of the molecule is Cc1cc(CNC(=O)c2ccc3c(c2)OCO3)c(C)n1C1CC1. The molecule has 2 aromatic rings. The third-order valence-corrected chi connectivity index (χ3v) is 4.58. The molecule has 0 unspecified atom stereocenters. The second kappa shape index (κ2) is 5.33. The lowest BCUT2D eigenvalue weighted by Gasteiger charge is -2.09. The molecule has 5 nitrogen and oxygen atoms in total. The summed E-state index contributed by atoms with van der Waals surface area (Å²) in [6.45, 7) is 5.02. The number of rotatable bonds is 4. The summed E-state index contributed by atoms with van der Waals surface area (Å²) in [5, 5.41) is 3.00. The van der Waals surface area contributed by atoms with Crippen molar-refractivity contribution in [3.05, 3.63) is 46.8 Å². The van der Waals surface area contributed by atoms with Gasteiger partial charge in [-0.05, 0) is 56.5 Å². The summed E-state index contributed by atoms with van der Waals surface area (Å²) >= 11 is 0. The van der Waals surface area contributed by atoms with Crippen LogP contribution in [0.1, 0.15) is 46.2 Å². The van der Waals surface area contributed by atoms with E-state index in [1.807, 2.05) is 0 Å². The third-order valence-electron chi connectivity index (χ3n) is 4.58. The van der Waals surface area contributed by atoms with Crippen molar-refractivity contribution in [3.8, 4) is 11.5 Å². The van der Waals surface area contributed by atoms with Crippen LogP contribution in [0.2, 0.25) is 0 Å². The van der Waals surface area contributed by atoms with Crippen LogP contribution in [0.15, 0.2) is 24.3 Å². The predicted molar refractivity (Wildman–Crippen MR) is 85.9 cm³/mol. The number of aryl methyl sites for hydroxylation is 1. The second-order valence-electron chi connectivity index (χ2n) is 6.25. The molecule has 0 saturated heterocycles. The summed E-state index contributed by atoms with van der Waals surface area (Å²) in [4.78, 5) is 12.4. The van der Waals surface area contributed by atoms with Crippen molar-refractivity contribution in [2.75, 3.05) is 6.79 Å². The molecule has 2 aliphatic rings. The Morgan fingerprint density at radius 1 is 1.22 bits per heavy atom. The zero-order chi connectivity index (χ0) is 16.0. The maximum Gasteiger partial charge on any atom is 0.251 e. The summed E-state index contributed by atoms with van der Waals surface area (Å²) in [7, 11) is 0. The molecule has 120 valence electrons. The molecule has 0 radical (unpaired) electrons. The van der Waals surface area contributed by atoms with Crippen molar-refractivity contribution in [2.24, 2.45) is 0 Å².